The maximum atomic E-state index is 12.7. The normalized spacial score (nSPS) is 13.9. The molecule has 108 valence electrons. The minimum absolute atomic E-state index is 0.126. The van der Waals surface area contributed by atoms with Gasteiger partial charge in [0.15, 0.2) is 0 Å². The number of nitro benzene ring substituents is 1. The highest BCUT2D eigenvalue weighted by Gasteiger charge is 2.35. The zero-order valence-electron chi connectivity index (χ0n) is 11.3. The Hall–Kier alpha value is -2.21. The SMILES string of the molecule is O=C(c1ccccc1[N+](=O)[O-])N(Cc1cccs1)C1CC1. The van der Waals surface area contributed by atoms with Crippen LogP contribution in [0.25, 0.3) is 0 Å². The molecular formula is C15H14N2O3S. The summed E-state index contributed by atoms with van der Waals surface area (Å²) in [7, 11) is 0. The Bertz CT molecular complexity index is 665. The minimum Gasteiger partial charge on any atom is -0.330 e. The number of nitro groups is 1. The highest BCUT2D eigenvalue weighted by atomic mass is 32.1. The summed E-state index contributed by atoms with van der Waals surface area (Å²) in [5, 5.41) is 13.1. The molecule has 1 aliphatic rings. The maximum Gasteiger partial charge on any atom is 0.282 e. The molecule has 6 heteroatoms. The first-order chi connectivity index (χ1) is 10.2. The molecule has 5 nitrogen and oxygen atoms in total. The summed E-state index contributed by atoms with van der Waals surface area (Å²) in [4.78, 5) is 26.1. The molecule has 1 fully saturated rings. The number of rotatable bonds is 5. The van der Waals surface area contributed by atoms with Crippen LogP contribution in [0.15, 0.2) is 41.8 Å². The zero-order chi connectivity index (χ0) is 14.8. The van der Waals surface area contributed by atoms with Gasteiger partial charge in [-0.2, -0.15) is 0 Å². The van der Waals surface area contributed by atoms with Gasteiger partial charge in [0.25, 0.3) is 11.6 Å². The third-order valence-corrected chi connectivity index (χ3v) is 4.35. The lowest BCUT2D eigenvalue weighted by atomic mass is 10.1. The standard InChI is InChI=1S/C15H14N2O3S/c18-15(13-5-1-2-6-14(13)17(19)20)16(11-7-8-11)10-12-4-3-9-21-12/h1-6,9,11H,7-8,10H2. The first kappa shape index (κ1) is 13.8. The molecule has 1 amide bonds. The van der Waals surface area contributed by atoms with E-state index in [-0.39, 0.29) is 23.2 Å². The van der Waals surface area contributed by atoms with Crippen LogP contribution in [-0.4, -0.2) is 21.8 Å². The lowest BCUT2D eigenvalue weighted by Gasteiger charge is -2.21. The molecule has 3 rings (SSSR count). The number of benzene rings is 1. The van der Waals surface area contributed by atoms with Crippen LogP contribution in [0.2, 0.25) is 0 Å². The van der Waals surface area contributed by atoms with Crippen molar-refractivity contribution in [1.29, 1.82) is 0 Å². The van der Waals surface area contributed by atoms with E-state index in [0.717, 1.165) is 17.7 Å². The molecule has 1 saturated carbocycles. The van der Waals surface area contributed by atoms with Crippen LogP contribution >= 0.6 is 11.3 Å². The molecule has 0 radical (unpaired) electrons. The monoisotopic (exact) mass is 302 g/mol. The zero-order valence-corrected chi connectivity index (χ0v) is 12.1. The maximum absolute atomic E-state index is 12.7. The molecule has 1 aromatic carbocycles. The van der Waals surface area contributed by atoms with Gasteiger partial charge in [-0.25, -0.2) is 0 Å². The second-order valence-corrected chi connectivity index (χ2v) is 6.05. The van der Waals surface area contributed by atoms with Gasteiger partial charge in [-0.15, -0.1) is 11.3 Å². The number of hydrogen-bond acceptors (Lipinski definition) is 4. The van der Waals surface area contributed by atoms with Crippen molar-refractivity contribution in [2.75, 3.05) is 0 Å². The third-order valence-electron chi connectivity index (χ3n) is 3.49. The van der Waals surface area contributed by atoms with Crippen molar-refractivity contribution < 1.29 is 9.72 Å². The van der Waals surface area contributed by atoms with Crippen molar-refractivity contribution in [3.05, 3.63) is 62.3 Å². The molecule has 1 aromatic heterocycles. The van der Waals surface area contributed by atoms with E-state index in [1.165, 1.54) is 12.1 Å². The van der Waals surface area contributed by atoms with Crippen molar-refractivity contribution in [1.82, 2.24) is 4.90 Å². The fraction of sp³-hybridized carbons (Fsp3) is 0.267. The van der Waals surface area contributed by atoms with Crippen molar-refractivity contribution in [3.8, 4) is 0 Å². The summed E-state index contributed by atoms with van der Waals surface area (Å²) < 4.78 is 0. The summed E-state index contributed by atoms with van der Waals surface area (Å²) in [5.41, 5.74) is 0.0466. The van der Waals surface area contributed by atoms with Crippen LogP contribution in [0.5, 0.6) is 0 Å². The number of thiophene rings is 1. The average Bonchev–Trinajstić information content (AvgIpc) is 3.20. The third kappa shape index (κ3) is 2.95. The molecule has 0 bridgehead atoms. The van der Waals surface area contributed by atoms with Crippen LogP contribution < -0.4 is 0 Å². The molecule has 21 heavy (non-hydrogen) atoms. The lowest BCUT2D eigenvalue weighted by molar-refractivity contribution is -0.385. The summed E-state index contributed by atoms with van der Waals surface area (Å²) in [6, 6.07) is 10.3. The largest absolute Gasteiger partial charge is 0.330 e. The summed E-state index contributed by atoms with van der Waals surface area (Å²) in [5.74, 6) is -0.252. The molecule has 0 spiro atoms. The minimum atomic E-state index is -0.497. The van der Waals surface area contributed by atoms with Gasteiger partial charge in [-0.05, 0) is 30.4 Å². The number of nitrogens with zero attached hydrogens (tertiary/aromatic N) is 2. The fourth-order valence-electron chi connectivity index (χ4n) is 2.29. The van der Waals surface area contributed by atoms with Gasteiger partial charge < -0.3 is 4.90 Å². The Morgan fingerprint density at radius 2 is 2.05 bits per heavy atom. The van der Waals surface area contributed by atoms with Gasteiger partial charge in [0.2, 0.25) is 0 Å². The Labute approximate surface area is 126 Å². The Kier molecular flexibility index (Phi) is 3.70. The predicted octanol–water partition coefficient (Wildman–Crippen LogP) is 3.46. The van der Waals surface area contributed by atoms with Gasteiger partial charge >= 0.3 is 0 Å². The Morgan fingerprint density at radius 1 is 1.29 bits per heavy atom. The quantitative estimate of drug-likeness (QED) is 0.627. The van der Waals surface area contributed by atoms with Crippen LogP contribution in [0.1, 0.15) is 28.1 Å². The van der Waals surface area contributed by atoms with Gasteiger partial charge in [0.1, 0.15) is 5.56 Å². The average molecular weight is 302 g/mol. The second-order valence-electron chi connectivity index (χ2n) is 5.02. The number of amides is 1. The van der Waals surface area contributed by atoms with Gasteiger partial charge in [0.05, 0.1) is 11.5 Å². The van der Waals surface area contributed by atoms with Crippen LogP contribution in [-0.2, 0) is 6.54 Å². The van der Waals surface area contributed by atoms with Crippen molar-refractivity contribution >= 4 is 22.9 Å². The summed E-state index contributed by atoms with van der Waals surface area (Å²) >= 11 is 1.59. The summed E-state index contributed by atoms with van der Waals surface area (Å²) in [6.07, 6.45) is 1.94. The molecule has 0 atom stereocenters. The summed E-state index contributed by atoms with van der Waals surface area (Å²) in [6.45, 7) is 0.521. The fourth-order valence-corrected chi connectivity index (χ4v) is 2.99. The first-order valence-electron chi connectivity index (χ1n) is 6.73. The smallest absolute Gasteiger partial charge is 0.282 e. The van der Waals surface area contributed by atoms with Gasteiger partial charge in [-0.3, -0.25) is 14.9 Å². The van der Waals surface area contributed by atoms with Crippen molar-refractivity contribution in [2.24, 2.45) is 0 Å². The lowest BCUT2D eigenvalue weighted by Crippen LogP contribution is -2.32. The van der Waals surface area contributed by atoms with Gasteiger partial charge in [-0.1, -0.05) is 18.2 Å². The highest BCUT2D eigenvalue weighted by Crippen LogP contribution is 2.32. The number of carbonyl (C=O) groups is 1. The van der Waals surface area contributed by atoms with E-state index in [1.54, 1.807) is 28.4 Å². The van der Waals surface area contributed by atoms with E-state index >= 15 is 0 Å². The topological polar surface area (TPSA) is 63.4 Å². The molecule has 0 unspecified atom stereocenters. The van der Waals surface area contributed by atoms with Crippen LogP contribution in [0.3, 0.4) is 0 Å². The molecule has 0 saturated heterocycles. The number of carbonyl (C=O) groups excluding carboxylic acids is 1. The van der Waals surface area contributed by atoms with Crippen LogP contribution in [0, 0.1) is 10.1 Å². The Morgan fingerprint density at radius 3 is 2.67 bits per heavy atom. The van der Waals surface area contributed by atoms with E-state index in [1.807, 2.05) is 17.5 Å². The molecule has 1 heterocycles. The van der Waals surface area contributed by atoms with Crippen molar-refractivity contribution in [3.63, 3.8) is 0 Å². The molecule has 0 N–H and O–H groups in total. The Balaban J connectivity index is 1.89. The van der Waals surface area contributed by atoms with E-state index < -0.39 is 4.92 Å². The van der Waals surface area contributed by atoms with Gasteiger partial charge in [0, 0.05) is 17.0 Å². The van der Waals surface area contributed by atoms with Crippen molar-refractivity contribution in [2.45, 2.75) is 25.4 Å². The van der Waals surface area contributed by atoms with E-state index in [0.29, 0.717) is 6.54 Å². The predicted molar refractivity (Wildman–Crippen MR) is 80.3 cm³/mol. The first-order valence-corrected chi connectivity index (χ1v) is 7.61. The number of hydrogen-bond donors (Lipinski definition) is 0. The number of para-hydroxylation sites is 1. The second kappa shape index (κ2) is 5.65. The highest BCUT2D eigenvalue weighted by molar-refractivity contribution is 7.09. The molecular weight excluding hydrogens is 288 g/mol. The molecule has 2 aromatic rings. The molecule has 1 aliphatic carbocycles. The van der Waals surface area contributed by atoms with Crippen LogP contribution in [0.4, 0.5) is 5.69 Å². The molecule has 0 aliphatic heterocycles. The van der Waals surface area contributed by atoms with E-state index in [2.05, 4.69) is 0 Å². The van der Waals surface area contributed by atoms with E-state index in [4.69, 9.17) is 0 Å². The van der Waals surface area contributed by atoms with E-state index in [9.17, 15) is 14.9 Å².